The molecule has 1 atom stereocenters. The molecule has 0 spiro atoms. The van der Waals surface area contributed by atoms with Crippen LogP contribution >= 0.6 is 23.2 Å². The Kier molecular flexibility index (Phi) is 4.28. The van der Waals surface area contributed by atoms with Crippen LogP contribution in [0.25, 0.3) is 0 Å². The van der Waals surface area contributed by atoms with E-state index in [1.54, 1.807) is 0 Å². The van der Waals surface area contributed by atoms with Crippen LogP contribution in [0, 0.1) is 6.92 Å². The summed E-state index contributed by atoms with van der Waals surface area (Å²) >= 11 is 11.9. The van der Waals surface area contributed by atoms with E-state index in [-0.39, 0.29) is 6.04 Å². The molecule has 2 N–H and O–H groups in total. The van der Waals surface area contributed by atoms with Crippen molar-refractivity contribution in [2.75, 3.05) is 0 Å². The molecule has 0 bridgehead atoms. The van der Waals surface area contributed by atoms with Crippen molar-refractivity contribution in [1.29, 1.82) is 0 Å². The summed E-state index contributed by atoms with van der Waals surface area (Å²) in [6.45, 7) is 1.99. The quantitative estimate of drug-likeness (QED) is 0.877. The third-order valence-corrected chi connectivity index (χ3v) is 3.66. The molecule has 0 aliphatic heterocycles. The summed E-state index contributed by atoms with van der Waals surface area (Å²) in [6, 6.07) is 13.7. The molecule has 0 fully saturated rings. The Morgan fingerprint density at radius 3 is 2.33 bits per heavy atom. The third kappa shape index (κ3) is 3.26. The van der Waals surface area contributed by atoms with Crippen LogP contribution in [0.3, 0.4) is 0 Å². The van der Waals surface area contributed by atoms with Crippen molar-refractivity contribution in [3.05, 3.63) is 69.2 Å². The van der Waals surface area contributed by atoms with Crippen LogP contribution in [0.15, 0.2) is 42.5 Å². The van der Waals surface area contributed by atoms with E-state index in [4.69, 9.17) is 28.9 Å². The van der Waals surface area contributed by atoms with Gasteiger partial charge in [0, 0.05) is 16.1 Å². The molecule has 0 heterocycles. The maximum absolute atomic E-state index is 6.21. The minimum Gasteiger partial charge on any atom is -0.324 e. The summed E-state index contributed by atoms with van der Waals surface area (Å²) in [4.78, 5) is 0. The number of hydrogen-bond acceptors (Lipinski definition) is 1. The fourth-order valence-corrected chi connectivity index (χ4v) is 2.13. The van der Waals surface area contributed by atoms with E-state index in [0.29, 0.717) is 0 Å². The van der Waals surface area contributed by atoms with Crippen molar-refractivity contribution in [2.45, 2.75) is 19.4 Å². The minimum atomic E-state index is -0.0258. The molecule has 0 saturated carbocycles. The lowest BCUT2D eigenvalue weighted by molar-refractivity contribution is 0.721. The van der Waals surface area contributed by atoms with Gasteiger partial charge in [-0.1, -0.05) is 47.5 Å². The highest BCUT2D eigenvalue weighted by molar-refractivity contribution is 6.31. The summed E-state index contributed by atoms with van der Waals surface area (Å²) in [5.74, 6) is 0. The van der Waals surface area contributed by atoms with E-state index in [9.17, 15) is 0 Å². The number of benzene rings is 2. The topological polar surface area (TPSA) is 26.0 Å². The van der Waals surface area contributed by atoms with E-state index in [0.717, 1.165) is 27.6 Å². The number of hydrogen-bond donors (Lipinski definition) is 1. The highest BCUT2D eigenvalue weighted by Gasteiger charge is 2.08. The van der Waals surface area contributed by atoms with Gasteiger partial charge in [-0.2, -0.15) is 0 Å². The van der Waals surface area contributed by atoms with Crippen LogP contribution < -0.4 is 5.73 Å². The Labute approximate surface area is 118 Å². The first-order chi connectivity index (χ1) is 8.56. The Balaban J connectivity index is 2.13. The highest BCUT2D eigenvalue weighted by atomic mass is 35.5. The predicted molar refractivity (Wildman–Crippen MR) is 78.3 cm³/mol. The Bertz CT molecular complexity index is 535. The normalized spacial score (nSPS) is 12.4. The summed E-state index contributed by atoms with van der Waals surface area (Å²) in [5.41, 5.74) is 9.55. The Hall–Kier alpha value is -1.02. The van der Waals surface area contributed by atoms with Gasteiger partial charge < -0.3 is 5.73 Å². The fraction of sp³-hybridized carbons (Fsp3) is 0.200. The molecule has 0 aliphatic rings. The number of nitrogens with two attached hydrogens (primary N) is 1. The minimum absolute atomic E-state index is 0.0258. The van der Waals surface area contributed by atoms with E-state index < -0.39 is 0 Å². The zero-order chi connectivity index (χ0) is 13.1. The van der Waals surface area contributed by atoms with Gasteiger partial charge in [0.05, 0.1) is 0 Å². The molecule has 0 saturated heterocycles. The SMILES string of the molecule is Cc1cc(C(N)Cc2ccc(Cl)cc2)ccc1Cl. The average Bonchev–Trinajstić information content (AvgIpc) is 2.35. The van der Waals surface area contributed by atoms with Gasteiger partial charge in [-0.25, -0.2) is 0 Å². The van der Waals surface area contributed by atoms with E-state index in [1.807, 2.05) is 49.4 Å². The van der Waals surface area contributed by atoms with E-state index in [1.165, 1.54) is 5.56 Å². The fourth-order valence-electron chi connectivity index (χ4n) is 1.89. The molecular formula is C15H15Cl2N. The van der Waals surface area contributed by atoms with Gasteiger partial charge in [0.25, 0.3) is 0 Å². The van der Waals surface area contributed by atoms with Gasteiger partial charge >= 0.3 is 0 Å². The number of rotatable bonds is 3. The summed E-state index contributed by atoms with van der Waals surface area (Å²) in [5, 5.41) is 1.52. The number of halogens is 2. The maximum Gasteiger partial charge on any atom is 0.0435 e. The first kappa shape index (κ1) is 13.4. The zero-order valence-corrected chi connectivity index (χ0v) is 11.7. The van der Waals surface area contributed by atoms with Crippen LogP contribution in [-0.4, -0.2) is 0 Å². The van der Waals surface area contributed by atoms with Crippen LogP contribution in [0.1, 0.15) is 22.7 Å². The predicted octanol–water partition coefficient (Wildman–Crippen LogP) is 4.54. The van der Waals surface area contributed by atoms with Gasteiger partial charge in [0.2, 0.25) is 0 Å². The van der Waals surface area contributed by atoms with Crippen molar-refractivity contribution in [2.24, 2.45) is 5.73 Å². The van der Waals surface area contributed by atoms with Gasteiger partial charge in [-0.15, -0.1) is 0 Å². The van der Waals surface area contributed by atoms with Gasteiger partial charge in [-0.3, -0.25) is 0 Å². The van der Waals surface area contributed by atoms with Crippen LogP contribution in [0.5, 0.6) is 0 Å². The zero-order valence-electron chi connectivity index (χ0n) is 10.2. The first-order valence-corrected chi connectivity index (χ1v) is 6.58. The molecule has 0 aromatic heterocycles. The van der Waals surface area contributed by atoms with Crippen molar-refractivity contribution in [1.82, 2.24) is 0 Å². The molecule has 0 amide bonds. The van der Waals surface area contributed by atoms with Crippen molar-refractivity contribution >= 4 is 23.2 Å². The molecule has 1 unspecified atom stereocenters. The highest BCUT2D eigenvalue weighted by Crippen LogP contribution is 2.22. The molecule has 2 aromatic carbocycles. The second kappa shape index (κ2) is 5.75. The van der Waals surface area contributed by atoms with E-state index in [2.05, 4.69) is 0 Å². The molecule has 2 aromatic rings. The smallest absolute Gasteiger partial charge is 0.0435 e. The summed E-state index contributed by atoms with van der Waals surface area (Å²) in [6.07, 6.45) is 0.790. The largest absolute Gasteiger partial charge is 0.324 e. The molecule has 0 radical (unpaired) electrons. The summed E-state index contributed by atoms with van der Waals surface area (Å²) < 4.78 is 0. The molecule has 94 valence electrons. The van der Waals surface area contributed by atoms with Crippen molar-refractivity contribution in [3.8, 4) is 0 Å². The second-order valence-corrected chi connectivity index (χ2v) is 5.29. The molecule has 3 heteroatoms. The molecule has 2 rings (SSSR count). The van der Waals surface area contributed by atoms with Crippen LogP contribution in [0.4, 0.5) is 0 Å². The van der Waals surface area contributed by atoms with Crippen LogP contribution in [-0.2, 0) is 6.42 Å². The Morgan fingerprint density at radius 2 is 1.72 bits per heavy atom. The molecular weight excluding hydrogens is 265 g/mol. The monoisotopic (exact) mass is 279 g/mol. The number of aryl methyl sites for hydroxylation is 1. The van der Waals surface area contributed by atoms with Gasteiger partial charge in [-0.05, 0) is 48.2 Å². The second-order valence-electron chi connectivity index (χ2n) is 4.45. The standard InChI is InChI=1S/C15H15Cl2N/c1-10-8-12(4-7-14(10)17)15(18)9-11-2-5-13(16)6-3-11/h2-8,15H,9,18H2,1H3. The molecule has 18 heavy (non-hydrogen) atoms. The Morgan fingerprint density at radius 1 is 1.06 bits per heavy atom. The van der Waals surface area contributed by atoms with E-state index >= 15 is 0 Å². The lowest BCUT2D eigenvalue weighted by atomic mass is 9.98. The lowest BCUT2D eigenvalue weighted by Crippen LogP contribution is -2.13. The van der Waals surface area contributed by atoms with Gasteiger partial charge in [0.1, 0.15) is 0 Å². The average molecular weight is 280 g/mol. The molecule has 1 nitrogen and oxygen atoms in total. The first-order valence-electron chi connectivity index (χ1n) is 5.82. The van der Waals surface area contributed by atoms with Crippen LogP contribution in [0.2, 0.25) is 10.0 Å². The molecule has 0 aliphatic carbocycles. The third-order valence-electron chi connectivity index (χ3n) is 2.98. The maximum atomic E-state index is 6.21. The lowest BCUT2D eigenvalue weighted by Gasteiger charge is -2.13. The van der Waals surface area contributed by atoms with Crippen molar-refractivity contribution in [3.63, 3.8) is 0 Å². The summed E-state index contributed by atoms with van der Waals surface area (Å²) in [7, 11) is 0. The van der Waals surface area contributed by atoms with Gasteiger partial charge in [0.15, 0.2) is 0 Å². The van der Waals surface area contributed by atoms with Crippen molar-refractivity contribution < 1.29 is 0 Å².